The minimum atomic E-state index is -0.641. The molecule has 2 aromatic carbocycles. The van der Waals surface area contributed by atoms with Crippen molar-refractivity contribution in [3.8, 4) is 45.3 Å². The van der Waals surface area contributed by atoms with E-state index in [2.05, 4.69) is 4.98 Å². The van der Waals surface area contributed by atoms with Gasteiger partial charge >= 0.3 is 0 Å². The molecule has 35 heavy (non-hydrogen) atoms. The molecule has 3 heterocycles. The number of rotatable bonds is 6. The molecule has 3 aromatic heterocycles. The van der Waals surface area contributed by atoms with Crippen molar-refractivity contribution < 1.29 is 34.0 Å². The zero-order valence-electron chi connectivity index (χ0n) is 18.9. The molecule has 178 valence electrons. The van der Waals surface area contributed by atoms with E-state index in [4.69, 9.17) is 13.9 Å². The molecule has 0 aliphatic rings. The topological polar surface area (TPSA) is 127 Å². The fourth-order valence-electron chi connectivity index (χ4n) is 3.85. The van der Waals surface area contributed by atoms with E-state index in [9.17, 15) is 20.1 Å². The van der Waals surface area contributed by atoms with Crippen LogP contribution in [0.4, 0.5) is 0 Å². The zero-order chi connectivity index (χ0) is 24.9. The van der Waals surface area contributed by atoms with Crippen molar-refractivity contribution >= 4 is 27.3 Å². The number of hydrogen-bond acceptors (Lipinski definition) is 9. The minimum absolute atomic E-state index is 0.0111. The molecule has 0 saturated carbocycles. The van der Waals surface area contributed by atoms with Crippen LogP contribution in [-0.2, 0) is 0 Å². The van der Waals surface area contributed by atoms with Crippen LogP contribution in [0.2, 0.25) is 0 Å². The van der Waals surface area contributed by atoms with Gasteiger partial charge in [0.2, 0.25) is 11.7 Å². The molecule has 0 bridgehead atoms. The molecule has 0 amide bonds. The maximum Gasteiger partial charge on any atom is 0.242 e. The average Bonchev–Trinajstić information content (AvgIpc) is 3.54. The van der Waals surface area contributed by atoms with Crippen LogP contribution in [0.15, 0.2) is 52.9 Å². The van der Waals surface area contributed by atoms with Gasteiger partial charge in [-0.15, -0.1) is 0 Å². The first-order valence-electron chi connectivity index (χ1n) is 10.4. The van der Waals surface area contributed by atoms with Gasteiger partial charge in [-0.1, -0.05) is 11.3 Å². The van der Waals surface area contributed by atoms with Crippen LogP contribution in [0.3, 0.4) is 0 Å². The second kappa shape index (κ2) is 8.41. The van der Waals surface area contributed by atoms with Crippen LogP contribution in [0.5, 0.6) is 28.9 Å². The summed E-state index contributed by atoms with van der Waals surface area (Å²) in [6.07, 6.45) is 0. The van der Waals surface area contributed by atoms with Gasteiger partial charge < -0.3 is 29.2 Å². The van der Waals surface area contributed by atoms with Gasteiger partial charge in [0.05, 0.1) is 35.7 Å². The molecular formula is C25H20N2O7S. The Hall–Kier alpha value is -4.44. The van der Waals surface area contributed by atoms with E-state index in [-0.39, 0.29) is 28.5 Å². The number of nitrogens with zero attached hydrogens (tertiary/aromatic N) is 2. The normalized spacial score (nSPS) is 11.2. The van der Waals surface area contributed by atoms with Gasteiger partial charge in [-0.3, -0.25) is 9.36 Å². The number of ketones is 1. The SMILES string of the molecule is COc1ccc2nc(-n3c(O)c(O)c(C(=O)c4ccc(C)o4)c3-c3ccc(OC)c(O)c3)sc2c1. The van der Waals surface area contributed by atoms with Gasteiger partial charge in [0, 0.05) is 5.56 Å². The highest BCUT2D eigenvalue weighted by Gasteiger charge is 2.32. The lowest BCUT2D eigenvalue weighted by atomic mass is 10.0. The lowest BCUT2D eigenvalue weighted by Crippen LogP contribution is -2.04. The van der Waals surface area contributed by atoms with Gasteiger partial charge in [-0.2, -0.15) is 0 Å². The zero-order valence-corrected chi connectivity index (χ0v) is 19.7. The Balaban J connectivity index is 1.80. The number of fused-ring (bicyclic) bond motifs is 1. The lowest BCUT2D eigenvalue weighted by Gasteiger charge is -2.11. The molecule has 5 rings (SSSR count). The lowest BCUT2D eigenvalue weighted by molar-refractivity contribution is 0.101. The third kappa shape index (κ3) is 3.64. The first-order chi connectivity index (χ1) is 16.8. The van der Waals surface area contributed by atoms with Crippen molar-refractivity contribution in [2.45, 2.75) is 6.92 Å². The van der Waals surface area contributed by atoms with Gasteiger partial charge in [0.15, 0.2) is 28.1 Å². The Kier molecular flexibility index (Phi) is 5.37. The number of hydrogen-bond donors (Lipinski definition) is 3. The summed E-state index contributed by atoms with van der Waals surface area (Å²) < 4.78 is 17.9. The van der Waals surface area contributed by atoms with E-state index in [0.717, 1.165) is 4.70 Å². The Labute approximate surface area is 203 Å². The Bertz CT molecular complexity index is 1600. The summed E-state index contributed by atoms with van der Waals surface area (Å²) in [5.41, 5.74) is 0.903. The number of phenolic OH excluding ortho intramolecular Hbond substituents is 1. The first kappa shape index (κ1) is 22.4. The molecular weight excluding hydrogens is 472 g/mol. The van der Waals surface area contributed by atoms with Crippen LogP contribution in [-0.4, -0.2) is 44.9 Å². The third-order valence-corrected chi connectivity index (χ3v) is 6.54. The largest absolute Gasteiger partial charge is 0.504 e. The second-order valence-corrected chi connectivity index (χ2v) is 8.70. The van der Waals surface area contributed by atoms with Crippen molar-refractivity contribution in [1.82, 2.24) is 9.55 Å². The average molecular weight is 493 g/mol. The van der Waals surface area contributed by atoms with E-state index < -0.39 is 17.4 Å². The highest BCUT2D eigenvalue weighted by atomic mass is 32.1. The van der Waals surface area contributed by atoms with Crippen LogP contribution in [0.25, 0.3) is 26.6 Å². The molecule has 0 spiro atoms. The molecule has 0 fully saturated rings. The van der Waals surface area contributed by atoms with Crippen molar-refractivity contribution in [3.05, 3.63) is 65.6 Å². The fourth-order valence-corrected chi connectivity index (χ4v) is 4.86. The van der Waals surface area contributed by atoms with E-state index in [0.29, 0.717) is 27.7 Å². The standard InChI is InChI=1S/C25H20N2O7S/c1-12-4-8-18(34-12)22(29)20-21(13-5-9-17(33-3)16(28)10-13)27(24(31)23(20)30)25-26-15-7-6-14(32-2)11-19(15)35-25/h4-11,28,30-31H,1-3H3. The molecule has 0 atom stereocenters. The summed E-state index contributed by atoms with van der Waals surface area (Å²) in [5.74, 6) is -0.670. The monoisotopic (exact) mass is 492 g/mol. The van der Waals surface area contributed by atoms with E-state index in [1.165, 1.54) is 41.2 Å². The van der Waals surface area contributed by atoms with Crippen LogP contribution >= 0.6 is 11.3 Å². The molecule has 9 nitrogen and oxygen atoms in total. The summed E-state index contributed by atoms with van der Waals surface area (Å²) >= 11 is 1.23. The number of aryl methyl sites for hydroxylation is 1. The third-order valence-electron chi connectivity index (χ3n) is 5.54. The molecule has 0 saturated heterocycles. The van der Waals surface area contributed by atoms with Gasteiger partial charge in [0.25, 0.3) is 0 Å². The second-order valence-electron chi connectivity index (χ2n) is 7.69. The van der Waals surface area contributed by atoms with Crippen molar-refractivity contribution in [2.24, 2.45) is 0 Å². The van der Waals surface area contributed by atoms with Crippen LogP contribution in [0, 0.1) is 6.92 Å². The number of phenols is 1. The first-order valence-corrected chi connectivity index (χ1v) is 11.2. The van der Waals surface area contributed by atoms with Crippen LogP contribution < -0.4 is 9.47 Å². The minimum Gasteiger partial charge on any atom is -0.504 e. The quantitative estimate of drug-likeness (QED) is 0.282. The molecule has 0 radical (unpaired) electrons. The predicted octanol–water partition coefficient (Wildman–Crippen LogP) is 5.02. The number of carbonyl (C=O) groups excluding carboxylic acids is 1. The van der Waals surface area contributed by atoms with Crippen molar-refractivity contribution in [1.29, 1.82) is 0 Å². The van der Waals surface area contributed by atoms with Crippen LogP contribution in [0.1, 0.15) is 21.9 Å². The Morgan fingerprint density at radius 2 is 1.83 bits per heavy atom. The fraction of sp³-hybridized carbons (Fsp3) is 0.120. The number of ether oxygens (including phenoxy) is 2. The van der Waals surface area contributed by atoms with E-state index in [1.54, 1.807) is 44.4 Å². The summed E-state index contributed by atoms with van der Waals surface area (Å²) in [4.78, 5) is 18.0. The van der Waals surface area contributed by atoms with Gasteiger partial charge in [-0.25, -0.2) is 4.98 Å². The molecule has 0 aliphatic carbocycles. The maximum absolute atomic E-state index is 13.4. The smallest absolute Gasteiger partial charge is 0.242 e. The van der Waals surface area contributed by atoms with E-state index in [1.807, 2.05) is 0 Å². The number of methoxy groups -OCH3 is 2. The molecule has 5 aromatic rings. The number of benzene rings is 2. The number of aromatic hydroxyl groups is 3. The molecule has 10 heteroatoms. The number of aromatic nitrogens is 2. The highest BCUT2D eigenvalue weighted by molar-refractivity contribution is 7.20. The van der Waals surface area contributed by atoms with Crippen molar-refractivity contribution in [2.75, 3.05) is 14.2 Å². The van der Waals surface area contributed by atoms with Gasteiger partial charge in [-0.05, 0) is 55.5 Å². The predicted molar refractivity (Wildman–Crippen MR) is 129 cm³/mol. The van der Waals surface area contributed by atoms with E-state index >= 15 is 0 Å². The van der Waals surface area contributed by atoms with Gasteiger partial charge in [0.1, 0.15) is 11.5 Å². The number of thiazole rings is 1. The molecule has 3 N–H and O–H groups in total. The van der Waals surface area contributed by atoms with Crippen molar-refractivity contribution in [3.63, 3.8) is 0 Å². The molecule has 0 aliphatic heterocycles. The Morgan fingerprint density at radius 1 is 1.03 bits per heavy atom. The summed E-state index contributed by atoms with van der Waals surface area (Å²) in [5, 5.41) is 32.6. The number of carbonyl (C=O) groups is 1. The summed E-state index contributed by atoms with van der Waals surface area (Å²) in [6, 6.07) is 12.9. The maximum atomic E-state index is 13.4. The summed E-state index contributed by atoms with van der Waals surface area (Å²) in [7, 11) is 2.97. The Morgan fingerprint density at radius 3 is 2.49 bits per heavy atom. The molecule has 0 unspecified atom stereocenters. The highest BCUT2D eigenvalue weighted by Crippen LogP contribution is 2.46. The number of furan rings is 1. The summed E-state index contributed by atoms with van der Waals surface area (Å²) in [6.45, 7) is 1.69.